The van der Waals surface area contributed by atoms with E-state index in [0.717, 1.165) is 12.1 Å². The number of phenols is 1. The van der Waals surface area contributed by atoms with Gasteiger partial charge in [0.1, 0.15) is 0 Å². The molecule has 0 aromatic heterocycles. The van der Waals surface area contributed by atoms with Crippen molar-refractivity contribution >= 4 is 0 Å². The molecule has 1 aromatic rings. The molecule has 0 bridgehead atoms. The van der Waals surface area contributed by atoms with Crippen LogP contribution in [0.3, 0.4) is 0 Å². The van der Waals surface area contributed by atoms with Crippen molar-refractivity contribution in [3.63, 3.8) is 0 Å². The molecular formula is C12H15F4NO. The zero-order valence-corrected chi connectivity index (χ0v) is 10.1. The lowest BCUT2D eigenvalue weighted by atomic mass is 10.1. The molecule has 0 saturated carbocycles. The Morgan fingerprint density at radius 3 is 2.33 bits per heavy atom. The molecule has 2 nitrogen and oxygen atoms in total. The topological polar surface area (TPSA) is 23.5 Å². The molecule has 1 aromatic carbocycles. The standard InChI is InChI=1S/C12H15F4NO/c1-8(2)17(7-12(14,15)16)6-9-3-4-11(18)10(13)5-9/h3-5,8,18H,6-7H2,1-2H3. The maximum atomic E-state index is 13.1. The number of rotatable bonds is 4. The summed E-state index contributed by atoms with van der Waals surface area (Å²) in [4.78, 5) is 1.19. The molecule has 1 rings (SSSR count). The highest BCUT2D eigenvalue weighted by molar-refractivity contribution is 5.27. The van der Waals surface area contributed by atoms with E-state index < -0.39 is 24.3 Å². The van der Waals surface area contributed by atoms with Gasteiger partial charge in [-0.05, 0) is 31.5 Å². The molecule has 0 fully saturated rings. The summed E-state index contributed by atoms with van der Waals surface area (Å²) in [5.41, 5.74) is 0.392. The molecule has 18 heavy (non-hydrogen) atoms. The van der Waals surface area contributed by atoms with Crippen molar-refractivity contribution in [3.05, 3.63) is 29.6 Å². The predicted octanol–water partition coefficient (Wildman–Crippen LogP) is 3.30. The molecule has 0 aliphatic carbocycles. The normalized spacial score (nSPS) is 12.4. The minimum atomic E-state index is -4.29. The lowest BCUT2D eigenvalue weighted by Crippen LogP contribution is -2.38. The highest BCUT2D eigenvalue weighted by Crippen LogP contribution is 2.22. The van der Waals surface area contributed by atoms with Gasteiger partial charge in [0.25, 0.3) is 0 Å². The number of alkyl halides is 3. The molecule has 0 radical (unpaired) electrons. The Kier molecular flexibility index (Phi) is 4.56. The number of halogens is 4. The van der Waals surface area contributed by atoms with Crippen molar-refractivity contribution in [1.82, 2.24) is 4.90 Å². The van der Waals surface area contributed by atoms with Gasteiger partial charge in [0.15, 0.2) is 11.6 Å². The minimum absolute atomic E-state index is 0.0195. The summed E-state index contributed by atoms with van der Waals surface area (Å²) in [6.45, 7) is 2.21. The van der Waals surface area contributed by atoms with Gasteiger partial charge in [-0.1, -0.05) is 6.07 Å². The SMILES string of the molecule is CC(C)N(Cc1ccc(O)c(F)c1)CC(F)(F)F. The third kappa shape index (κ3) is 4.52. The minimum Gasteiger partial charge on any atom is -0.505 e. The average molecular weight is 265 g/mol. The summed E-state index contributed by atoms with van der Waals surface area (Å²) in [5.74, 6) is -1.34. The highest BCUT2D eigenvalue weighted by atomic mass is 19.4. The monoisotopic (exact) mass is 265 g/mol. The van der Waals surface area contributed by atoms with E-state index in [1.54, 1.807) is 13.8 Å². The smallest absolute Gasteiger partial charge is 0.401 e. The third-order valence-corrected chi connectivity index (χ3v) is 2.51. The second-order valence-corrected chi connectivity index (χ2v) is 4.40. The lowest BCUT2D eigenvalue weighted by Gasteiger charge is -2.27. The third-order valence-electron chi connectivity index (χ3n) is 2.51. The van der Waals surface area contributed by atoms with Crippen LogP contribution in [0.5, 0.6) is 5.75 Å². The molecule has 0 unspecified atom stereocenters. The Labute approximate surface area is 103 Å². The van der Waals surface area contributed by atoms with Gasteiger partial charge in [-0.3, -0.25) is 4.90 Å². The molecule has 6 heteroatoms. The van der Waals surface area contributed by atoms with Gasteiger partial charge in [0.05, 0.1) is 6.54 Å². The van der Waals surface area contributed by atoms with Crippen LogP contribution in [0, 0.1) is 5.82 Å². The lowest BCUT2D eigenvalue weighted by molar-refractivity contribution is -0.150. The molecule has 0 atom stereocenters. The Morgan fingerprint density at radius 1 is 1.28 bits per heavy atom. The summed E-state index contributed by atoms with van der Waals surface area (Å²) in [6, 6.07) is 3.27. The number of benzene rings is 1. The van der Waals surface area contributed by atoms with Crippen LogP contribution >= 0.6 is 0 Å². The maximum Gasteiger partial charge on any atom is 0.401 e. The molecule has 0 amide bonds. The molecule has 0 aliphatic heterocycles. The quantitative estimate of drug-likeness (QED) is 0.844. The van der Waals surface area contributed by atoms with Crippen LogP contribution in [0.25, 0.3) is 0 Å². The van der Waals surface area contributed by atoms with Gasteiger partial charge in [0.2, 0.25) is 0 Å². The van der Waals surface area contributed by atoms with Crippen LogP contribution < -0.4 is 0 Å². The van der Waals surface area contributed by atoms with Gasteiger partial charge in [0, 0.05) is 12.6 Å². The number of nitrogens with zero attached hydrogens (tertiary/aromatic N) is 1. The van der Waals surface area contributed by atoms with E-state index in [9.17, 15) is 17.6 Å². The molecule has 0 heterocycles. The summed E-state index contributed by atoms with van der Waals surface area (Å²) >= 11 is 0. The Morgan fingerprint density at radius 2 is 1.89 bits per heavy atom. The molecule has 1 N–H and O–H groups in total. The largest absolute Gasteiger partial charge is 0.505 e. The van der Waals surface area contributed by atoms with E-state index in [4.69, 9.17) is 5.11 Å². The average Bonchev–Trinajstić information content (AvgIpc) is 2.20. The van der Waals surface area contributed by atoms with Crippen LogP contribution in [0.4, 0.5) is 17.6 Å². The van der Waals surface area contributed by atoms with Crippen LogP contribution in [0.1, 0.15) is 19.4 Å². The van der Waals surface area contributed by atoms with Crippen molar-refractivity contribution in [1.29, 1.82) is 0 Å². The Hall–Kier alpha value is -1.30. The zero-order valence-electron chi connectivity index (χ0n) is 10.1. The first kappa shape index (κ1) is 14.8. The van der Waals surface area contributed by atoms with Crippen molar-refractivity contribution in [2.45, 2.75) is 32.6 Å². The number of phenolic OH excluding ortho intramolecular Hbond substituents is 1. The number of aromatic hydroxyl groups is 1. The fraction of sp³-hybridized carbons (Fsp3) is 0.500. The van der Waals surface area contributed by atoms with Crippen LogP contribution in [0.2, 0.25) is 0 Å². The number of hydrogen-bond acceptors (Lipinski definition) is 2. The fourth-order valence-electron chi connectivity index (χ4n) is 1.53. The first-order valence-electron chi connectivity index (χ1n) is 5.47. The summed E-state index contributed by atoms with van der Waals surface area (Å²) in [7, 11) is 0. The molecule has 102 valence electrons. The van der Waals surface area contributed by atoms with Crippen molar-refractivity contribution < 1.29 is 22.7 Å². The van der Waals surface area contributed by atoms with Crippen LogP contribution in [-0.2, 0) is 6.54 Å². The van der Waals surface area contributed by atoms with Crippen molar-refractivity contribution in [2.75, 3.05) is 6.54 Å². The van der Waals surface area contributed by atoms with Gasteiger partial charge >= 0.3 is 6.18 Å². The van der Waals surface area contributed by atoms with Crippen molar-refractivity contribution in [3.8, 4) is 5.75 Å². The second kappa shape index (κ2) is 5.56. The number of hydrogen-bond donors (Lipinski definition) is 1. The Balaban J connectivity index is 2.80. The summed E-state index contributed by atoms with van der Waals surface area (Å²) < 4.78 is 50.1. The van der Waals surface area contributed by atoms with Gasteiger partial charge in [-0.25, -0.2) is 4.39 Å². The van der Waals surface area contributed by atoms with E-state index >= 15 is 0 Å². The van der Waals surface area contributed by atoms with E-state index in [1.807, 2.05) is 0 Å². The van der Waals surface area contributed by atoms with Crippen molar-refractivity contribution in [2.24, 2.45) is 0 Å². The fourth-order valence-corrected chi connectivity index (χ4v) is 1.53. The molecule has 0 aliphatic rings. The van der Waals surface area contributed by atoms with Crippen LogP contribution in [0.15, 0.2) is 18.2 Å². The predicted molar refractivity (Wildman–Crippen MR) is 59.7 cm³/mol. The van der Waals surface area contributed by atoms with Crippen LogP contribution in [-0.4, -0.2) is 28.8 Å². The summed E-state index contributed by atoms with van der Waals surface area (Å²) in [6.07, 6.45) is -4.29. The molecule has 0 saturated heterocycles. The van der Waals surface area contributed by atoms with E-state index in [1.165, 1.54) is 11.0 Å². The first-order chi connectivity index (χ1) is 8.19. The van der Waals surface area contributed by atoms with Gasteiger partial charge in [-0.2, -0.15) is 13.2 Å². The molecule has 0 spiro atoms. The zero-order chi connectivity index (χ0) is 13.9. The van der Waals surface area contributed by atoms with E-state index in [2.05, 4.69) is 0 Å². The van der Waals surface area contributed by atoms with Gasteiger partial charge in [-0.15, -0.1) is 0 Å². The maximum absolute atomic E-state index is 13.1. The summed E-state index contributed by atoms with van der Waals surface area (Å²) in [5, 5.41) is 9.00. The van der Waals surface area contributed by atoms with E-state index in [0.29, 0.717) is 5.56 Å². The second-order valence-electron chi connectivity index (χ2n) is 4.40. The van der Waals surface area contributed by atoms with Gasteiger partial charge < -0.3 is 5.11 Å². The first-order valence-corrected chi connectivity index (χ1v) is 5.47. The Bertz CT molecular complexity index is 404. The molecular weight excluding hydrogens is 250 g/mol. The highest BCUT2D eigenvalue weighted by Gasteiger charge is 2.31. The van der Waals surface area contributed by atoms with E-state index in [-0.39, 0.29) is 12.6 Å².